The van der Waals surface area contributed by atoms with Gasteiger partial charge in [-0.3, -0.25) is 4.79 Å². The third kappa shape index (κ3) is 2.30. The van der Waals surface area contributed by atoms with Crippen LogP contribution in [0.4, 0.5) is 4.39 Å². The van der Waals surface area contributed by atoms with E-state index in [-0.39, 0.29) is 11.7 Å². The monoisotopic (exact) mass is 340 g/mol. The van der Waals surface area contributed by atoms with Crippen molar-refractivity contribution in [3.63, 3.8) is 0 Å². The lowest BCUT2D eigenvalue weighted by atomic mass is 9.90. The topological polar surface area (TPSA) is 51.0 Å². The van der Waals surface area contributed by atoms with Crippen molar-refractivity contribution >= 4 is 5.91 Å². The largest absolute Gasteiger partial charge is 0.336 e. The van der Waals surface area contributed by atoms with E-state index in [0.717, 1.165) is 44.1 Å². The maximum atomic E-state index is 13.4. The molecular weight excluding hydrogens is 319 g/mol. The molecule has 5 nitrogen and oxygen atoms in total. The molecule has 3 fully saturated rings. The quantitative estimate of drug-likeness (QED) is 0.863. The SMILES string of the molecule is O=C(N1C2CCC1CC(n1cncn1)C2)C1(c2ccc(F)cc2)CC1. The number of benzene rings is 1. The Balaban J connectivity index is 1.39. The summed E-state index contributed by atoms with van der Waals surface area (Å²) >= 11 is 0. The number of carbonyl (C=O) groups is 1. The molecule has 2 saturated heterocycles. The van der Waals surface area contributed by atoms with Crippen LogP contribution in [0.2, 0.25) is 0 Å². The second-order valence-corrected chi connectivity index (χ2v) is 7.69. The number of aromatic nitrogens is 3. The van der Waals surface area contributed by atoms with Gasteiger partial charge in [0.15, 0.2) is 0 Å². The molecule has 1 aliphatic carbocycles. The molecule has 6 heteroatoms. The maximum absolute atomic E-state index is 13.4. The average Bonchev–Trinajstić information content (AvgIpc) is 3.16. The van der Waals surface area contributed by atoms with E-state index in [1.54, 1.807) is 24.8 Å². The highest BCUT2D eigenvalue weighted by Crippen LogP contribution is 2.52. The Morgan fingerprint density at radius 2 is 1.76 bits per heavy atom. The van der Waals surface area contributed by atoms with Gasteiger partial charge in [0.25, 0.3) is 0 Å². The van der Waals surface area contributed by atoms with Crippen LogP contribution in [0.15, 0.2) is 36.9 Å². The molecule has 2 aromatic rings. The van der Waals surface area contributed by atoms with Crippen molar-refractivity contribution in [3.05, 3.63) is 48.3 Å². The number of nitrogens with zero attached hydrogens (tertiary/aromatic N) is 4. The third-order valence-corrected chi connectivity index (χ3v) is 6.31. The zero-order chi connectivity index (χ0) is 17.0. The van der Waals surface area contributed by atoms with Gasteiger partial charge < -0.3 is 4.90 Å². The lowest BCUT2D eigenvalue weighted by Crippen LogP contribution is -2.50. The molecule has 3 aliphatic rings. The fourth-order valence-electron chi connectivity index (χ4n) is 4.87. The molecular formula is C19H21FN4O. The maximum Gasteiger partial charge on any atom is 0.233 e. The van der Waals surface area contributed by atoms with Gasteiger partial charge in [-0.25, -0.2) is 14.1 Å². The van der Waals surface area contributed by atoms with Gasteiger partial charge in [-0.1, -0.05) is 12.1 Å². The van der Waals surface area contributed by atoms with Crippen LogP contribution in [0.3, 0.4) is 0 Å². The van der Waals surface area contributed by atoms with E-state index in [1.807, 2.05) is 4.68 Å². The molecule has 3 heterocycles. The van der Waals surface area contributed by atoms with Gasteiger partial charge in [-0.05, 0) is 56.2 Å². The number of carbonyl (C=O) groups excluding carboxylic acids is 1. The van der Waals surface area contributed by atoms with Crippen LogP contribution in [0.5, 0.6) is 0 Å². The third-order valence-electron chi connectivity index (χ3n) is 6.31. The van der Waals surface area contributed by atoms with Crippen LogP contribution in [0, 0.1) is 5.82 Å². The van der Waals surface area contributed by atoms with Gasteiger partial charge in [0.05, 0.1) is 11.5 Å². The number of amides is 1. The first-order chi connectivity index (χ1) is 12.2. The second-order valence-electron chi connectivity index (χ2n) is 7.69. The Labute approximate surface area is 145 Å². The van der Waals surface area contributed by atoms with Gasteiger partial charge >= 0.3 is 0 Å². The molecule has 2 bridgehead atoms. The summed E-state index contributed by atoms with van der Waals surface area (Å²) in [6.07, 6.45) is 9.15. The Kier molecular flexibility index (Phi) is 3.24. The molecule has 25 heavy (non-hydrogen) atoms. The Bertz CT molecular complexity index is 770. The summed E-state index contributed by atoms with van der Waals surface area (Å²) in [6.45, 7) is 0. The van der Waals surface area contributed by atoms with Crippen molar-refractivity contribution < 1.29 is 9.18 Å². The highest BCUT2D eigenvalue weighted by Gasteiger charge is 2.57. The summed E-state index contributed by atoms with van der Waals surface area (Å²) < 4.78 is 15.2. The number of rotatable bonds is 3. The van der Waals surface area contributed by atoms with Crippen LogP contribution < -0.4 is 0 Å². The normalized spacial score (nSPS) is 29.6. The average molecular weight is 340 g/mol. The molecule has 1 aromatic heterocycles. The molecule has 1 amide bonds. The van der Waals surface area contributed by atoms with E-state index in [9.17, 15) is 9.18 Å². The fourth-order valence-corrected chi connectivity index (χ4v) is 4.87. The minimum absolute atomic E-state index is 0.249. The van der Waals surface area contributed by atoms with Crippen LogP contribution in [0.25, 0.3) is 0 Å². The molecule has 2 atom stereocenters. The number of hydrogen-bond acceptors (Lipinski definition) is 3. The molecule has 130 valence electrons. The summed E-state index contributed by atoms with van der Waals surface area (Å²) in [6, 6.07) is 7.42. The van der Waals surface area contributed by atoms with Crippen molar-refractivity contribution in [1.82, 2.24) is 19.7 Å². The molecule has 0 N–H and O–H groups in total. The first-order valence-corrected chi connectivity index (χ1v) is 9.10. The Morgan fingerprint density at radius 3 is 2.32 bits per heavy atom. The molecule has 5 rings (SSSR count). The standard InChI is InChI=1S/C19H21FN4O/c20-14-3-1-13(2-4-14)19(7-8-19)18(25)24-15-5-6-16(24)10-17(9-15)23-12-21-11-22-23/h1-4,11-12,15-17H,5-10H2. The zero-order valence-electron chi connectivity index (χ0n) is 14.0. The highest BCUT2D eigenvalue weighted by molar-refractivity contribution is 5.92. The van der Waals surface area contributed by atoms with Crippen molar-refractivity contribution in [2.24, 2.45) is 0 Å². The van der Waals surface area contributed by atoms with Gasteiger partial charge in [0.2, 0.25) is 5.91 Å². The minimum atomic E-state index is -0.408. The van der Waals surface area contributed by atoms with Gasteiger partial charge in [-0.2, -0.15) is 5.10 Å². The van der Waals surface area contributed by atoms with E-state index in [2.05, 4.69) is 15.0 Å². The second kappa shape index (κ2) is 5.38. The van der Waals surface area contributed by atoms with Gasteiger partial charge in [0.1, 0.15) is 18.5 Å². The van der Waals surface area contributed by atoms with E-state index >= 15 is 0 Å². The molecule has 1 aromatic carbocycles. The number of hydrogen-bond donors (Lipinski definition) is 0. The van der Waals surface area contributed by atoms with Crippen LogP contribution in [0.1, 0.15) is 50.1 Å². The first kappa shape index (κ1) is 15.0. The van der Waals surface area contributed by atoms with Crippen LogP contribution >= 0.6 is 0 Å². The van der Waals surface area contributed by atoms with E-state index in [0.29, 0.717) is 18.1 Å². The molecule has 2 aliphatic heterocycles. The van der Waals surface area contributed by atoms with Gasteiger partial charge in [-0.15, -0.1) is 0 Å². The predicted octanol–water partition coefficient (Wildman–Crippen LogP) is 2.84. The lowest BCUT2D eigenvalue weighted by molar-refractivity contribution is -0.139. The summed E-state index contributed by atoms with van der Waals surface area (Å²) in [5, 5.41) is 4.29. The van der Waals surface area contributed by atoms with E-state index < -0.39 is 5.41 Å². The lowest BCUT2D eigenvalue weighted by Gasteiger charge is -2.40. The molecule has 0 spiro atoms. The minimum Gasteiger partial charge on any atom is -0.336 e. The number of halogens is 1. The smallest absolute Gasteiger partial charge is 0.233 e. The van der Waals surface area contributed by atoms with Crippen molar-refractivity contribution in [3.8, 4) is 0 Å². The predicted molar refractivity (Wildman–Crippen MR) is 89.3 cm³/mol. The summed E-state index contributed by atoms with van der Waals surface area (Å²) in [7, 11) is 0. The van der Waals surface area contributed by atoms with E-state index in [1.165, 1.54) is 12.1 Å². The first-order valence-electron chi connectivity index (χ1n) is 9.10. The number of piperidine rings is 1. The van der Waals surface area contributed by atoms with E-state index in [4.69, 9.17) is 0 Å². The Morgan fingerprint density at radius 1 is 1.08 bits per heavy atom. The molecule has 1 saturated carbocycles. The summed E-state index contributed by atoms with van der Waals surface area (Å²) in [5.41, 5.74) is 0.561. The van der Waals surface area contributed by atoms with Crippen molar-refractivity contribution in [2.45, 2.75) is 62.1 Å². The fraction of sp³-hybridized carbons (Fsp3) is 0.526. The number of fused-ring (bicyclic) bond motifs is 2. The highest BCUT2D eigenvalue weighted by atomic mass is 19.1. The van der Waals surface area contributed by atoms with Crippen molar-refractivity contribution in [1.29, 1.82) is 0 Å². The molecule has 0 radical (unpaired) electrons. The zero-order valence-corrected chi connectivity index (χ0v) is 14.0. The van der Waals surface area contributed by atoms with Crippen molar-refractivity contribution in [2.75, 3.05) is 0 Å². The Hall–Kier alpha value is -2.24. The van der Waals surface area contributed by atoms with Gasteiger partial charge in [0, 0.05) is 12.1 Å². The molecule has 2 unspecified atom stereocenters. The van der Waals surface area contributed by atoms with Crippen LogP contribution in [-0.4, -0.2) is 37.7 Å². The summed E-state index contributed by atoms with van der Waals surface area (Å²) in [5.74, 6) is 0.00404. The summed E-state index contributed by atoms with van der Waals surface area (Å²) in [4.78, 5) is 19.6. The van der Waals surface area contributed by atoms with Crippen LogP contribution in [-0.2, 0) is 10.2 Å².